The molecular weight excluding hydrogens is 393 g/mol. The molecule has 2 heterocycles. The maximum atomic E-state index is 12.1. The number of rotatable bonds is 5. The van der Waals surface area contributed by atoms with Crippen LogP contribution in [0.5, 0.6) is 0 Å². The third kappa shape index (κ3) is 4.53. The molecule has 0 aliphatic rings. The number of fused-ring (bicyclic) bond motifs is 1. The Hall–Kier alpha value is -2.71. The van der Waals surface area contributed by atoms with Crippen molar-refractivity contribution in [1.29, 1.82) is 0 Å². The lowest BCUT2D eigenvalue weighted by molar-refractivity contribution is -0.146. The van der Waals surface area contributed by atoms with Gasteiger partial charge in [0.2, 0.25) is 0 Å². The van der Waals surface area contributed by atoms with Crippen molar-refractivity contribution >= 4 is 46.5 Å². The second-order valence-corrected chi connectivity index (χ2v) is 6.65. The highest BCUT2D eigenvalue weighted by molar-refractivity contribution is 6.35. The van der Waals surface area contributed by atoms with Gasteiger partial charge in [-0.25, -0.2) is 9.50 Å². The van der Waals surface area contributed by atoms with Crippen molar-refractivity contribution in [1.82, 2.24) is 19.6 Å². The van der Waals surface area contributed by atoms with Crippen LogP contribution in [0.1, 0.15) is 17.0 Å². The second-order valence-electron chi connectivity index (χ2n) is 5.78. The van der Waals surface area contributed by atoms with E-state index in [2.05, 4.69) is 20.4 Å². The number of aromatic nitrogens is 4. The highest BCUT2D eigenvalue weighted by Gasteiger charge is 2.16. The lowest BCUT2D eigenvalue weighted by Gasteiger charge is -2.11. The largest absolute Gasteiger partial charge is 0.455 e. The maximum Gasteiger partial charge on any atom is 0.310 e. The van der Waals surface area contributed by atoms with Gasteiger partial charge in [-0.05, 0) is 32.0 Å². The van der Waals surface area contributed by atoms with E-state index in [1.165, 1.54) is 6.33 Å². The van der Waals surface area contributed by atoms with Gasteiger partial charge in [-0.1, -0.05) is 23.2 Å². The fourth-order valence-corrected chi connectivity index (χ4v) is 3.10. The molecule has 27 heavy (non-hydrogen) atoms. The van der Waals surface area contributed by atoms with Crippen LogP contribution in [0.3, 0.4) is 0 Å². The Balaban J connectivity index is 1.60. The number of anilines is 1. The first-order valence-corrected chi connectivity index (χ1v) is 8.66. The highest BCUT2D eigenvalue weighted by atomic mass is 35.5. The smallest absolute Gasteiger partial charge is 0.310 e. The van der Waals surface area contributed by atoms with Gasteiger partial charge in [-0.3, -0.25) is 9.59 Å². The Morgan fingerprint density at radius 1 is 1.19 bits per heavy atom. The molecule has 0 bridgehead atoms. The standard InChI is InChI=1S/C17H15Cl2N5O3/c1-9-14(10(2)24-17(22-9)20-8-21-24)6-16(26)27-7-15(25)23-13-4-11(18)3-12(19)5-13/h3-5,8H,6-7H2,1-2H3,(H,23,25). The summed E-state index contributed by atoms with van der Waals surface area (Å²) in [5, 5.41) is 7.41. The number of ether oxygens (including phenoxy) is 1. The van der Waals surface area contributed by atoms with E-state index in [0.29, 0.717) is 32.8 Å². The van der Waals surface area contributed by atoms with Gasteiger partial charge in [0.05, 0.1) is 6.42 Å². The molecular formula is C17H15Cl2N5O3. The molecule has 1 amide bonds. The average molecular weight is 408 g/mol. The van der Waals surface area contributed by atoms with Crippen LogP contribution in [-0.4, -0.2) is 38.1 Å². The number of aryl methyl sites for hydroxylation is 2. The summed E-state index contributed by atoms with van der Waals surface area (Å²) in [5.41, 5.74) is 2.49. The topological polar surface area (TPSA) is 98.5 Å². The average Bonchev–Trinajstić information content (AvgIpc) is 3.04. The monoisotopic (exact) mass is 407 g/mol. The summed E-state index contributed by atoms with van der Waals surface area (Å²) < 4.78 is 6.60. The van der Waals surface area contributed by atoms with Crippen LogP contribution in [0.15, 0.2) is 24.5 Å². The number of carbonyl (C=O) groups excluding carboxylic acids is 2. The van der Waals surface area contributed by atoms with Crippen LogP contribution in [-0.2, 0) is 20.7 Å². The molecule has 1 aromatic carbocycles. The first-order chi connectivity index (χ1) is 12.8. The van der Waals surface area contributed by atoms with Gasteiger partial charge in [0, 0.05) is 32.7 Å². The summed E-state index contributed by atoms with van der Waals surface area (Å²) in [7, 11) is 0. The number of amides is 1. The second kappa shape index (κ2) is 7.89. The van der Waals surface area contributed by atoms with Crippen LogP contribution in [0, 0.1) is 13.8 Å². The summed E-state index contributed by atoms with van der Waals surface area (Å²) in [5.74, 6) is -0.594. The van der Waals surface area contributed by atoms with E-state index >= 15 is 0 Å². The Bertz CT molecular complexity index is 1010. The molecule has 3 rings (SSSR count). The Labute approximate surface area is 164 Å². The third-order valence-electron chi connectivity index (χ3n) is 3.82. The minimum Gasteiger partial charge on any atom is -0.455 e. The SMILES string of the molecule is Cc1nc2ncnn2c(C)c1CC(=O)OCC(=O)Nc1cc(Cl)cc(Cl)c1. The molecule has 10 heteroatoms. The number of nitrogens with one attached hydrogen (secondary N) is 1. The molecule has 0 aliphatic heterocycles. The first kappa shape index (κ1) is 19.1. The quantitative estimate of drug-likeness (QED) is 0.652. The van der Waals surface area contributed by atoms with Crippen molar-refractivity contribution in [2.45, 2.75) is 20.3 Å². The Morgan fingerprint density at radius 2 is 1.89 bits per heavy atom. The maximum absolute atomic E-state index is 12.1. The lowest BCUT2D eigenvalue weighted by Crippen LogP contribution is -2.22. The van der Waals surface area contributed by atoms with Gasteiger partial charge >= 0.3 is 5.97 Å². The van der Waals surface area contributed by atoms with Crippen molar-refractivity contribution in [2.24, 2.45) is 0 Å². The first-order valence-electron chi connectivity index (χ1n) is 7.91. The summed E-state index contributed by atoms with van der Waals surface area (Å²) >= 11 is 11.8. The number of carbonyl (C=O) groups is 2. The zero-order valence-electron chi connectivity index (χ0n) is 14.5. The Morgan fingerprint density at radius 3 is 2.59 bits per heavy atom. The van der Waals surface area contributed by atoms with Crippen molar-refractivity contribution in [2.75, 3.05) is 11.9 Å². The Kier molecular flexibility index (Phi) is 5.57. The number of benzene rings is 1. The minimum absolute atomic E-state index is 0.0310. The van der Waals surface area contributed by atoms with Crippen molar-refractivity contribution in [3.63, 3.8) is 0 Å². The van der Waals surface area contributed by atoms with Gasteiger partial charge in [-0.2, -0.15) is 10.1 Å². The molecule has 0 saturated heterocycles. The number of hydrogen-bond acceptors (Lipinski definition) is 6. The van der Waals surface area contributed by atoms with Crippen molar-refractivity contribution < 1.29 is 14.3 Å². The number of nitrogens with zero attached hydrogens (tertiary/aromatic N) is 4. The summed E-state index contributed by atoms with van der Waals surface area (Å²) in [6.45, 7) is 3.16. The van der Waals surface area contributed by atoms with Gasteiger partial charge < -0.3 is 10.1 Å². The molecule has 1 N–H and O–H groups in total. The summed E-state index contributed by atoms with van der Waals surface area (Å²) in [4.78, 5) is 32.4. The zero-order valence-corrected chi connectivity index (χ0v) is 16.0. The fraction of sp³-hybridized carbons (Fsp3) is 0.235. The number of hydrogen-bond donors (Lipinski definition) is 1. The lowest BCUT2D eigenvalue weighted by atomic mass is 10.1. The molecule has 140 valence electrons. The van der Waals surface area contributed by atoms with Gasteiger partial charge in [0.1, 0.15) is 6.33 Å². The van der Waals surface area contributed by atoms with E-state index in [4.69, 9.17) is 27.9 Å². The zero-order chi connectivity index (χ0) is 19.6. The number of halogens is 2. The number of esters is 1. The molecule has 0 fully saturated rings. The molecule has 3 aromatic rings. The van der Waals surface area contributed by atoms with Crippen LogP contribution in [0.25, 0.3) is 5.78 Å². The van der Waals surface area contributed by atoms with E-state index < -0.39 is 18.5 Å². The normalized spacial score (nSPS) is 10.8. The summed E-state index contributed by atoms with van der Waals surface area (Å²) in [6, 6.07) is 4.63. The molecule has 0 aliphatic carbocycles. The van der Waals surface area contributed by atoms with E-state index in [9.17, 15) is 9.59 Å². The van der Waals surface area contributed by atoms with Crippen LogP contribution < -0.4 is 5.32 Å². The minimum atomic E-state index is -0.554. The molecule has 8 nitrogen and oxygen atoms in total. The molecule has 2 aromatic heterocycles. The van der Waals surface area contributed by atoms with Crippen molar-refractivity contribution in [3.05, 3.63) is 51.5 Å². The molecule has 0 saturated carbocycles. The van der Waals surface area contributed by atoms with E-state index in [-0.39, 0.29) is 6.42 Å². The molecule has 0 unspecified atom stereocenters. The van der Waals surface area contributed by atoms with E-state index in [0.717, 1.165) is 5.69 Å². The van der Waals surface area contributed by atoms with E-state index in [1.54, 1.807) is 29.6 Å². The van der Waals surface area contributed by atoms with E-state index in [1.807, 2.05) is 6.92 Å². The predicted octanol–water partition coefficient (Wildman–Crippen LogP) is 2.77. The van der Waals surface area contributed by atoms with Gasteiger partial charge in [-0.15, -0.1) is 0 Å². The predicted molar refractivity (Wildman–Crippen MR) is 100 cm³/mol. The van der Waals surface area contributed by atoms with Crippen molar-refractivity contribution in [3.8, 4) is 0 Å². The third-order valence-corrected chi connectivity index (χ3v) is 4.26. The fourth-order valence-electron chi connectivity index (χ4n) is 2.58. The summed E-state index contributed by atoms with van der Waals surface area (Å²) in [6.07, 6.45) is 1.36. The van der Waals surface area contributed by atoms with Crippen LogP contribution in [0.4, 0.5) is 5.69 Å². The van der Waals surface area contributed by atoms with Gasteiger partial charge in [0.15, 0.2) is 6.61 Å². The van der Waals surface area contributed by atoms with Crippen LogP contribution in [0.2, 0.25) is 10.0 Å². The molecule has 0 spiro atoms. The highest BCUT2D eigenvalue weighted by Crippen LogP contribution is 2.22. The van der Waals surface area contributed by atoms with Crippen LogP contribution >= 0.6 is 23.2 Å². The molecule has 0 atom stereocenters. The van der Waals surface area contributed by atoms with Gasteiger partial charge in [0.25, 0.3) is 11.7 Å². The molecule has 0 radical (unpaired) electrons.